The van der Waals surface area contributed by atoms with Crippen molar-refractivity contribution < 1.29 is 47.6 Å². The number of rotatable bonds is 9. The van der Waals surface area contributed by atoms with E-state index < -0.39 is 35.7 Å². The number of fused-ring (bicyclic) bond motifs is 4. The molecule has 0 atom stereocenters. The Hall–Kier alpha value is -8.76. The number of aryl methyl sites for hydroxylation is 8. The van der Waals surface area contributed by atoms with Crippen molar-refractivity contribution in [1.29, 1.82) is 0 Å². The lowest BCUT2D eigenvalue weighted by Crippen LogP contribution is -2.22. The summed E-state index contributed by atoms with van der Waals surface area (Å²) in [5, 5.41) is 0. The fourth-order valence-electron chi connectivity index (χ4n) is 9.12. The zero-order chi connectivity index (χ0) is 50.5. The molecule has 2 aliphatic heterocycles. The van der Waals surface area contributed by atoms with Gasteiger partial charge in [0.1, 0.15) is 46.0 Å². The van der Waals surface area contributed by atoms with E-state index >= 15 is 0 Å². The maximum absolute atomic E-state index is 13.6. The highest BCUT2D eigenvalue weighted by Gasteiger charge is 2.41. The first-order valence-electron chi connectivity index (χ1n) is 23.7. The first kappa shape index (κ1) is 46.9. The van der Waals surface area contributed by atoms with Gasteiger partial charge in [-0.25, -0.2) is 19.2 Å². The predicted octanol–water partition coefficient (Wildman–Crippen LogP) is 14.2. The molecule has 358 valence electrons. The minimum atomic E-state index is -0.526. The van der Waals surface area contributed by atoms with Crippen LogP contribution in [0.1, 0.15) is 120 Å². The van der Waals surface area contributed by atoms with Gasteiger partial charge in [-0.15, -0.1) is 0 Å². The van der Waals surface area contributed by atoms with Gasteiger partial charge in [-0.2, -0.15) is 0 Å². The number of ether oxygens (including phenoxy) is 6. The molecule has 0 fully saturated rings. The molecule has 0 saturated heterocycles. The van der Waals surface area contributed by atoms with Gasteiger partial charge >= 0.3 is 23.9 Å². The van der Waals surface area contributed by atoms with Gasteiger partial charge in [0.2, 0.25) is 0 Å². The van der Waals surface area contributed by atoms with E-state index in [9.17, 15) is 19.2 Å². The molecule has 8 aromatic rings. The third-order valence-corrected chi connectivity index (χ3v) is 13.9. The van der Waals surface area contributed by atoms with Crippen LogP contribution in [-0.2, 0) is 0 Å². The standard InChI is InChI=1S/C62H50O10/c1-33-9-13-41(25-37(33)5)59(63)67-45-17-21-49-53(29-45)71-54-30-46(68-60(64)42-14-10-34(2)38(6)26-42)18-22-50(54)57(49)58-51-23-19-47(69-61(65)43-15-11-35(3)39(7)27-43)31-55(51)72-56-32-48(20-24-52(56)58)70-62(66)44-16-12-36(4)40(8)28-44/h9-32,57-58H,1-8H3. The molecule has 0 aliphatic carbocycles. The Bertz CT molecular complexity index is 3100. The molecule has 0 aromatic heterocycles. The van der Waals surface area contributed by atoms with Crippen molar-refractivity contribution in [3.8, 4) is 46.0 Å². The third-order valence-electron chi connectivity index (χ3n) is 13.9. The van der Waals surface area contributed by atoms with Gasteiger partial charge in [0.25, 0.3) is 0 Å². The summed E-state index contributed by atoms with van der Waals surface area (Å²) in [6.45, 7) is 15.7. The van der Waals surface area contributed by atoms with E-state index in [0.29, 0.717) is 45.3 Å². The third kappa shape index (κ3) is 9.22. The molecule has 8 aromatic carbocycles. The molecule has 0 bridgehead atoms. The smallest absolute Gasteiger partial charge is 0.343 e. The van der Waals surface area contributed by atoms with Crippen molar-refractivity contribution in [2.45, 2.75) is 67.2 Å². The summed E-state index contributed by atoms with van der Waals surface area (Å²) in [7, 11) is 0. The van der Waals surface area contributed by atoms with Crippen LogP contribution >= 0.6 is 0 Å². The molecule has 0 amide bonds. The maximum atomic E-state index is 13.6. The summed E-state index contributed by atoms with van der Waals surface area (Å²) in [5.74, 6) is -0.461. The van der Waals surface area contributed by atoms with Crippen molar-refractivity contribution in [2.75, 3.05) is 0 Å². The molecule has 72 heavy (non-hydrogen) atoms. The molecule has 10 rings (SSSR count). The normalized spacial score (nSPS) is 12.5. The Morgan fingerprint density at radius 1 is 0.292 bits per heavy atom. The summed E-state index contributed by atoms with van der Waals surface area (Å²) in [6.07, 6.45) is 0. The zero-order valence-electron chi connectivity index (χ0n) is 41.1. The van der Waals surface area contributed by atoms with E-state index in [4.69, 9.17) is 28.4 Å². The van der Waals surface area contributed by atoms with Crippen LogP contribution in [0.5, 0.6) is 46.0 Å². The van der Waals surface area contributed by atoms with Crippen LogP contribution in [0.25, 0.3) is 0 Å². The SMILES string of the molecule is Cc1ccc(C(=O)Oc2ccc3c(c2)Oc2cc(OC(=O)c4ccc(C)c(C)c4)ccc2C3C2c3ccc(OC(=O)c4ccc(C)c(C)c4)cc3Oc3cc(OC(=O)c4ccc(C)c(C)c4)ccc32)cc1C. The summed E-state index contributed by atoms with van der Waals surface area (Å²) in [5.41, 5.74) is 12.7. The lowest BCUT2D eigenvalue weighted by Gasteiger charge is -2.38. The Kier molecular flexibility index (Phi) is 12.3. The second-order valence-corrected chi connectivity index (χ2v) is 18.7. The molecule has 0 radical (unpaired) electrons. The lowest BCUT2D eigenvalue weighted by atomic mass is 9.71. The Morgan fingerprint density at radius 2 is 0.514 bits per heavy atom. The van der Waals surface area contributed by atoms with Crippen LogP contribution in [0.2, 0.25) is 0 Å². The fourth-order valence-corrected chi connectivity index (χ4v) is 9.12. The van der Waals surface area contributed by atoms with E-state index in [1.807, 2.05) is 104 Å². The minimum Gasteiger partial charge on any atom is -0.456 e. The molecule has 0 spiro atoms. The quantitative estimate of drug-likeness (QED) is 0.102. The largest absolute Gasteiger partial charge is 0.456 e. The molecule has 2 aliphatic rings. The maximum Gasteiger partial charge on any atom is 0.343 e. The van der Waals surface area contributed by atoms with E-state index in [1.165, 1.54) is 0 Å². The Balaban J connectivity index is 1.08. The Morgan fingerprint density at radius 3 is 0.722 bits per heavy atom. The molecule has 10 heteroatoms. The predicted molar refractivity (Wildman–Crippen MR) is 273 cm³/mol. The highest BCUT2D eigenvalue weighted by atomic mass is 16.6. The van der Waals surface area contributed by atoms with Gasteiger partial charge in [-0.05, 0) is 173 Å². The molecular weight excluding hydrogens is 905 g/mol. The number of carbonyl (C=O) groups is 4. The number of hydrogen-bond donors (Lipinski definition) is 0. The van der Waals surface area contributed by atoms with Crippen molar-refractivity contribution in [3.63, 3.8) is 0 Å². The van der Waals surface area contributed by atoms with E-state index in [0.717, 1.165) is 66.8 Å². The van der Waals surface area contributed by atoms with Gasteiger partial charge < -0.3 is 28.4 Å². The molecule has 2 heterocycles. The summed E-state index contributed by atoms with van der Waals surface area (Å²) >= 11 is 0. The van der Waals surface area contributed by atoms with Crippen LogP contribution in [0.15, 0.2) is 146 Å². The fraction of sp³-hybridized carbons (Fsp3) is 0.161. The topological polar surface area (TPSA) is 124 Å². The van der Waals surface area contributed by atoms with E-state index in [2.05, 4.69) is 0 Å². The van der Waals surface area contributed by atoms with Crippen LogP contribution < -0.4 is 28.4 Å². The van der Waals surface area contributed by atoms with Crippen molar-refractivity contribution in [1.82, 2.24) is 0 Å². The van der Waals surface area contributed by atoms with E-state index in [1.54, 1.807) is 97.1 Å². The van der Waals surface area contributed by atoms with Gasteiger partial charge in [-0.1, -0.05) is 48.5 Å². The van der Waals surface area contributed by atoms with E-state index in [-0.39, 0.29) is 23.0 Å². The van der Waals surface area contributed by atoms with Crippen LogP contribution in [0, 0.1) is 55.4 Å². The highest BCUT2D eigenvalue weighted by molar-refractivity contribution is 5.93. The summed E-state index contributed by atoms with van der Waals surface area (Å²) in [6, 6.07) is 42.9. The second kappa shape index (κ2) is 18.9. The van der Waals surface area contributed by atoms with Crippen molar-refractivity contribution in [3.05, 3.63) is 235 Å². The lowest BCUT2D eigenvalue weighted by molar-refractivity contribution is 0.0724. The molecule has 0 saturated carbocycles. The van der Waals surface area contributed by atoms with Crippen LogP contribution in [-0.4, -0.2) is 23.9 Å². The average molecular weight is 955 g/mol. The number of carbonyl (C=O) groups excluding carboxylic acids is 4. The molecule has 0 unspecified atom stereocenters. The van der Waals surface area contributed by atoms with Crippen LogP contribution in [0.4, 0.5) is 0 Å². The van der Waals surface area contributed by atoms with Crippen molar-refractivity contribution in [2.24, 2.45) is 0 Å². The van der Waals surface area contributed by atoms with Gasteiger partial charge in [0.05, 0.1) is 22.3 Å². The van der Waals surface area contributed by atoms with Gasteiger partial charge in [0, 0.05) is 58.4 Å². The molecule has 0 N–H and O–H groups in total. The first-order valence-corrected chi connectivity index (χ1v) is 23.7. The first-order chi connectivity index (χ1) is 34.6. The Labute approximate surface area is 417 Å². The number of benzene rings is 8. The average Bonchev–Trinajstić information content (AvgIpc) is 3.35. The number of hydrogen-bond acceptors (Lipinski definition) is 10. The number of esters is 4. The second-order valence-electron chi connectivity index (χ2n) is 18.7. The van der Waals surface area contributed by atoms with Gasteiger partial charge in [-0.3, -0.25) is 0 Å². The van der Waals surface area contributed by atoms with Crippen LogP contribution in [0.3, 0.4) is 0 Å². The van der Waals surface area contributed by atoms with Crippen molar-refractivity contribution >= 4 is 23.9 Å². The summed E-state index contributed by atoms with van der Waals surface area (Å²) < 4.78 is 37.3. The molecule has 10 nitrogen and oxygen atoms in total. The zero-order valence-corrected chi connectivity index (χ0v) is 41.1. The monoisotopic (exact) mass is 954 g/mol. The summed E-state index contributed by atoms with van der Waals surface area (Å²) in [4.78, 5) is 54.2. The van der Waals surface area contributed by atoms with Gasteiger partial charge in [0.15, 0.2) is 0 Å². The molecular formula is C62H50O10. The highest BCUT2D eigenvalue weighted by Crippen LogP contribution is 2.59. The minimum absolute atomic E-state index is 0.259.